The van der Waals surface area contributed by atoms with Gasteiger partial charge in [0.05, 0.1) is 38.6 Å². The summed E-state index contributed by atoms with van der Waals surface area (Å²) in [6, 6.07) is 18.9. The van der Waals surface area contributed by atoms with Gasteiger partial charge in [0.15, 0.2) is 0 Å². The lowest BCUT2D eigenvalue weighted by molar-refractivity contribution is -0.143. The maximum Gasteiger partial charge on any atom is 0.407 e. The Labute approximate surface area is 293 Å². The first kappa shape index (κ1) is 39.5. The molecule has 0 saturated carbocycles. The highest BCUT2D eigenvalue weighted by atomic mass is 16.6. The van der Waals surface area contributed by atoms with E-state index in [0.717, 1.165) is 16.8 Å². The normalized spacial score (nSPS) is 14.9. The van der Waals surface area contributed by atoms with Crippen LogP contribution >= 0.6 is 0 Å². The molecular weight excluding hydrogens is 640 g/mol. The monoisotopic (exact) mass is 688 g/mol. The third kappa shape index (κ3) is 11.1. The average Bonchev–Trinajstić information content (AvgIpc) is 3.11. The van der Waals surface area contributed by atoms with E-state index in [0.29, 0.717) is 5.56 Å². The van der Waals surface area contributed by atoms with Crippen LogP contribution in [-0.4, -0.2) is 83.8 Å². The molecule has 3 amide bonds. The summed E-state index contributed by atoms with van der Waals surface area (Å²) < 4.78 is 4.75. The Kier molecular flexibility index (Phi) is 14.8. The molecule has 0 aliphatic carbocycles. The molecule has 1 aromatic heterocycles. The second kappa shape index (κ2) is 18.7. The highest BCUT2D eigenvalue weighted by Gasteiger charge is 2.38. The molecule has 0 aliphatic rings. The van der Waals surface area contributed by atoms with Gasteiger partial charge in [-0.1, -0.05) is 88.4 Å². The predicted molar refractivity (Wildman–Crippen MR) is 189 cm³/mol. The number of nitrogens with one attached hydrogen (secondary N) is 3. The number of hydrogen-bond acceptors (Lipinski definition) is 10. The Balaban J connectivity index is 2.03. The van der Waals surface area contributed by atoms with Crippen LogP contribution in [0.25, 0.3) is 11.3 Å². The van der Waals surface area contributed by atoms with Crippen LogP contribution in [0.4, 0.5) is 4.79 Å². The van der Waals surface area contributed by atoms with E-state index in [1.165, 1.54) is 25.2 Å². The third-order valence-corrected chi connectivity index (χ3v) is 8.25. The first-order valence-corrected chi connectivity index (χ1v) is 16.2. The molecule has 50 heavy (non-hydrogen) atoms. The lowest BCUT2D eigenvalue weighted by Crippen LogP contribution is -2.60. The number of pyridine rings is 1. The SMILES string of the molecule is CON[C@H](C(=O)N(C[C@H](O)[C@H](Cc1ccccc1)NC(=O)[C@@H](NC(=O)OC)C(C)(C)C)C(N)c1ccc(-c2ccccn2)cc1)C(C)C=C=O. The van der Waals surface area contributed by atoms with E-state index in [2.05, 4.69) is 21.1 Å². The molecule has 6 atom stereocenters. The Bertz CT molecular complexity index is 1580. The van der Waals surface area contributed by atoms with Crippen molar-refractivity contribution >= 4 is 23.8 Å². The Hall–Kier alpha value is -4.91. The minimum absolute atomic E-state index is 0.183. The zero-order chi connectivity index (χ0) is 36.8. The van der Waals surface area contributed by atoms with Gasteiger partial charge in [-0.05, 0) is 35.1 Å². The number of carbonyl (C=O) groups excluding carboxylic acids is 4. The lowest BCUT2D eigenvalue weighted by atomic mass is 9.85. The number of aliphatic hydroxyl groups excluding tert-OH is 1. The van der Waals surface area contributed by atoms with Crippen LogP contribution in [0.15, 0.2) is 85.1 Å². The van der Waals surface area contributed by atoms with Gasteiger partial charge < -0.3 is 35.9 Å². The Morgan fingerprint density at radius 3 is 2.22 bits per heavy atom. The van der Waals surface area contributed by atoms with Crippen molar-refractivity contribution in [1.82, 2.24) is 26.0 Å². The van der Waals surface area contributed by atoms with Crippen LogP contribution in [0.2, 0.25) is 0 Å². The van der Waals surface area contributed by atoms with Crippen molar-refractivity contribution in [2.45, 2.75) is 64.5 Å². The van der Waals surface area contributed by atoms with E-state index in [1.54, 1.807) is 52.0 Å². The first-order chi connectivity index (χ1) is 23.8. The molecule has 2 aromatic carbocycles. The molecule has 0 radical (unpaired) electrons. The zero-order valence-corrected chi connectivity index (χ0v) is 29.3. The standard InChI is InChI=1S/C37H48N6O7/c1-24(19-21-44)31(42-50-6)35(47)43(33(38)27-17-15-26(16-18-27)28-14-10-11-20-39-28)23-30(45)29(22-25-12-8-7-9-13-25)40-34(46)32(37(2,3)4)41-36(48)49-5/h7-20,24,29-33,42,45H,22-23,38H2,1-6H3,(H,40,46)(H,41,48)/t24?,29-,30-,31-,32+,33?/m0/s1. The number of hydroxylamine groups is 1. The third-order valence-electron chi connectivity index (χ3n) is 8.25. The van der Waals surface area contributed by atoms with Crippen molar-refractivity contribution in [2.75, 3.05) is 20.8 Å². The van der Waals surface area contributed by atoms with Crippen LogP contribution in [0.3, 0.4) is 0 Å². The van der Waals surface area contributed by atoms with E-state index in [-0.39, 0.29) is 13.0 Å². The summed E-state index contributed by atoms with van der Waals surface area (Å²) in [6.45, 7) is 6.66. The Morgan fingerprint density at radius 2 is 1.66 bits per heavy atom. The molecule has 0 saturated heterocycles. The van der Waals surface area contributed by atoms with Crippen LogP contribution in [0.1, 0.15) is 45.0 Å². The molecule has 268 valence electrons. The largest absolute Gasteiger partial charge is 0.453 e. The van der Waals surface area contributed by atoms with Gasteiger partial charge in [-0.3, -0.25) is 14.6 Å². The van der Waals surface area contributed by atoms with Crippen LogP contribution in [0.5, 0.6) is 0 Å². The summed E-state index contributed by atoms with van der Waals surface area (Å²) in [5, 5.41) is 17.4. The van der Waals surface area contributed by atoms with Gasteiger partial charge in [0.1, 0.15) is 24.2 Å². The number of nitrogens with zero attached hydrogens (tertiary/aromatic N) is 2. The van der Waals surface area contributed by atoms with E-state index in [1.807, 2.05) is 60.7 Å². The average molecular weight is 689 g/mol. The maximum atomic E-state index is 14.3. The van der Waals surface area contributed by atoms with Crippen molar-refractivity contribution in [2.24, 2.45) is 17.1 Å². The molecule has 0 bridgehead atoms. The van der Waals surface area contributed by atoms with Gasteiger partial charge in [0.2, 0.25) is 11.8 Å². The minimum atomic E-state index is -1.36. The summed E-state index contributed by atoms with van der Waals surface area (Å²) in [5.41, 5.74) is 11.7. The number of hydrogen-bond donors (Lipinski definition) is 5. The summed E-state index contributed by atoms with van der Waals surface area (Å²) in [7, 11) is 2.54. The molecule has 13 heteroatoms. The number of amides is 3. The summed E-state index contributed by atoms with van der Waals surface area (Å²) in [5.74, 6) is -0.0842. The van der Waals surface area contributed by atoms with Crippen molar-refractivity contribution < 1.29 is 33.9 Å². The summed E-state index contributed by atoms with van der Waals surface area (Å²) in [4.78, 5) is 62.2. The second-order valence-corrected chi connectivity index (χ2v) is 13.0. The molecule has 0 spiro atoms. The lowest BCUT2D eigenvalue weighted by Gasteiger charge is -2.37. The smallest absolute Gasteiger partial charge is 0.407 e. The van der Waals surface area contributed by atoms with E-state index < -0.39 is 59.6 Å². The summed E-state index contributed by atoms with van der Waals surface area (Å²) in [6.07, 6.45) is -0.152. The number of ether oxygens (including phenoxy) is 1. The van der Waals surface area contributed by atoms with Crippen LogP contribution < -0.4 is 21.8 Å². The number of aromatic nitrogens is 1. The minimum Gasteiger partial charge on any atom is -0.453 e. The highest BCUT2D eigenvalue weighted by Crippen LogP contribution is 2.25. The molecule has 0 aliphatic heterocycles. The topological polar surface area (TPSA) is 185 Å². The van der Waals surface area contributed by atoms with Crippen LogP contribution in [-0.2, 0) is 30.4 Å². The number of aliphatic hydroxyl groups is 1. The second-order valence-electron chi connectivity index (χ2n) is 13.0. The Morgan fingerprint density at radius 1 is 1.00 bits per heavy atom. The number of rotatable bonds is 16. The molecule has 3 aromatic rings. The first-order valence-electron chi connectivity index (χ1n) is 16.2. The zero-order valence-electron chi connectivity index (χ0n) is 29.3. The fourth-order valence-corrected chi connectivity index (χ4v) is 5.40. The fourth-order valence-electron chi connectivity index (χ4n) is 5.40. The van der Waals surface area contributed by atoms with Gasteiger partial charge in [-0.25, -0.2) is 9.59 Å². The highest BCUT2D eigenvalue weighted by molar-refractivity contribution is 5.87. The molecule has 13 nitrogen and oxygen atoms in total. The maximum absolute atomic E-state index is 14.3. The van der Waals surface area contributed by atoms with E-state index >= 15 is 0 Å². The van der Waals surface area contributed by atoms with E-state index in [4.69, 9.17) is 15.3 Å². The number of alkyl carbamates (subject to hydrolysis) is 1. The number of carbonyl (C=O) groups is 3. The van der Waals surface area contributed by atoms with Crippen molar-refractivity contribution in [3.63, 3.8) is 0 Å². The number of benzene rings is 2. The van der Waals surface area contributed by atoms with Crippen LogP contribution in [0, 0.1) is 11.3 Å². The van der Waals surface area contributed by atoms with Gasteiger partial charge >= 0.3 is 6.09 Å². The van der Waals surface area contributed by atoms with Gasteiger partial charge in [0.25, 0.3) is 0 Å². The molecule has 3 rings (SSSR count). The van der Waals surface area contributed by atoms with Crippen molar-refractivity contribution in [3.8, 4) is 11.3 Å². The molecular formula is C37H48N6O7. The molecule has 6 N–H and O–H groups in total. The molecule has 1 heterocycles. The number of methoxy groups -OCH3 is 1. The van der Waals surface area contributed by atoms with Gasteiger partial charge in [-0.2, -0.15) is 5.48 Å². The number of nitrogens with two attached hydrogens (primary N) is 1. The molecule has 0 fully saturated rings. The fraction of sp³-hybridized carbons (Fsp3) is 0.405. The quantitative estimate of drug-likeness (QED) is 0.0852. The van der Waals surface area contributed by atoms with Gasteiger partial charge in [0, 0.05) is 23.8 Å². The molecule has 2 unspecified atom stereocenters. The summed E-state index contributed by atoms with van der Waals surface area (Å²) >= 11 is 0. The van der Waals surface area contributed by atoms with Crippen molar-refractivity contribution in [1.29, 1.82) is 0 Å². The van der Waals surface area contributed by atoms with Crippen molar-refractivity contribution in [3.05, 3.63) is 96.2 Å². The predicted octanol–water partition coefficient (Wildman–Crippen LogP) is 2.94. The van der Waals surface area contributed by atoms with Gasteiger partial charge in [-0.15, -0.1) is 0 Å². The van der Waals surface area contributed by atoms with E-state index in [9.17, 15) is 24.3 Å².